The van der Waals surface area contributed by atoms with E-state index in [-0.39, 0.29) is 17.6 Å². The zero-order chi connectivity index (χ0) is 13.2. The number of carbonyl (C=O) groups is 1. The molecule has 0 amide bonds. The van der Waals surface area contributed by atoms with Crippen molar-refractivity contribution < 1.29 is 22.5 Å². The van der Waals surface area contributed by atoms with Gasteiger partial charge in [-0.2, -0.15) is 18.2 Å². The summed E-state index contributed by atoms with van der Waals surface area (Å²) in [4.78, 5) is 15.0. The number of alkyl halides is 3. The molecule has 96 valence electrons. The maximum absolute atomic E-state index is 12.1. The minimum Gasteiger partial charge on any atom is -0.339 e. The van der Waals surface area contributed by atoms with Crippen LogP contribution in [0.25, 0.3) is 0 Å². The Labute approximate surface area is 96.2 Å². The monoisotopic (exact) mass is 250 g/mol. The fourth-order valence-electron chi connectivity index (χ4n) is 1.57. The van der Waals surface area contributed by atoms with Crippen LogP contribution in [0.2, 0.25) is 0 Å². The molecule has 4 nitrogen and oxygen atoms in total. The number of rotatable bonds is 4. The van der Waals surface area contributed by atoms with E-state index in [2.05, 4.69) is 10.1 Å². The number of halogens is 3. The van der Waals surface area contributed by atoms with Gasteiger partial charge in [-0.05, 0) is 12.8 Å². The lowest BCUT2D eigenvalue weighted by Gasteiger charge is -2.12. The first-order valence-corrected chi connectivity index (χ1v) is 5.10. The molecule has 1 atom stereocenters. The van der Waals surface area contributed by atoms with Crippen LogP contribution in [0.4, 0.5) is 13.2 Å². The minimum atomic E-state index is -4.38. The lowest BCUT2D eigenvalue weighted by atomic mass is 9.92. The van der Waals surface area contributed by atoms with Gasteiger partial charge in [0.05, 0.1) is 5.92 Å². The zero-order valence-electron chi connectivity index (χ0n) is 9.71. The van der Waals surface area contributed by atoms with Crippen molar-refractivity contribution in [1.29, 1.82) is 0 Å². The Hall–Kier alpha value is -1.40. The van der Waals surface area contributed by atoms with Crippen LogP contribution in [-0.4, -0.2) is 22.1 Å². The van der Waals surface area contributed by atoms with Crippen LogP contribution in [0.15, 0.2) is 4.52 Å². The van der Waals surface area contributed by atoms with Gasteiger partial charge in [0.1, 0.15) is 12.2 Å². The van der Waals surface area contributed by atoms with Crippen LogP contribution in [0, 0.1) is 5.92 Å². The first-order valence-electron chi connectivity index (χ1n) is 5.10. The molecule has 0 bridgehead atoms. The Morgan fingerprint density at radius 2 is 2.00 bits per heavy atom. The first kappa shape index (κ1) is 13.7. The average Bonchev–Trinajstić information content (AvgIpc) is 2.47. The fourth-order valence-corrected chi connectivity index (χ4v) is 1.57. The standard InChI is InChI=1S/C10H13F3N2O2/c1-5(2)8(6(3)16)9-14-7(15-17-9)4-10(11,12)13/h5,8H,4H2,1-3H3. The molecule has 1 aromatic rings. The summed E-state index contributed by atoms with van der Waals surface area (Å²) in [5.74, 6) is -1.45. The maximum atomic E-state index is 12.1. The summed E-state index contributed by atoms with van der Waals surface area (Å²) in [6, 6.07) is 0. The highest BCUT2D eigenvalue weighted by molar-refractivity contribution is 5.82. The molecular formula is C10H13F3N2O2. The number of aromatic nitrogens is 2. The molecule has 0 aliphatic heterocycles. The molecule has 17 heavy (non-hydrogen) atoms. The highest BCUT2D eigenvalue weighted by Gasteiger charge is 2.32. The topological polar surface area (TPSA) is 56.0 Å². The Kier molecular flexibility index (Phi) is 3.90. The number of Topliss-reactive ketones (excluding diaryl/α,β-unsaturated/α-hetero) is 1. The van der Waals surface area contributed by atoms with E-state index in [1.54, 1.807) is 13.8 Å². The first-order chi connectivity index (χ1) is 7.70. The second-order valence-corrected chi connectivity index (χ2v) is 4.17. The van der Waals surface area contributed by atoms with Crippen LogP contribution in [0.1, 0.15) is 38.4 Å². The molecule has 0 N–H and O–H groups in total. The zero-order valence-corrected chi connectivity index (χ0v) is 9.71. The number of carbonyl (C=O) groups excluding carboxylic acids is 1. The third-order valence-corrected chi connectivity index (χ3v) is 2.21. The maximum Gasteiger partial charge on any atom is 0.396 e. The van der Waals surface area contributed by atoms with Gasteiger partial charge in [0.15, 0.2) is 5.82 Å². The van der Waals surface area contributed by atoms with Gasteiger partial charge in [-0.25, -0.2) is 0 Å². The molecule has 7 heteroatoms. The van der Waals surface area contributed by atoms with Crippen molar-refractivity contribution in [3.05, 3.63) is 11.7 Å². The molecule has 1 heterocycles. The fraction of sp³-hybridized carbons (Fsp3) is 0.700. The lowest BCUT2D eigenvalue weighted by molar-refractivity contribution is -0.128. The molecule has 0 fully saturated rings. The summed E-state index contributed by atoms with van der Waals surface area (Å²) >= 11 is 0. The van der Waals surface area contributed by atoms with E-state index >= 15 is 0 Å². The predicted octanol–water partition coefficient (Wildman–Crippen LogP) is 2.50. The van der Waals surface area contributed by atoms with Crippen LogP contribution < -0.4 is 0 Å². The molecule has 1 rings (SSSR count). The predicted molar refractivity (Wildman–Crippen MR) is 52.3 cm³/mol. The van der Waals surface area contributed by atoms with Crippen molar-refractivity contribution in [3.8, 4) is 0 Å². The highest BCUT2D eigenvalue weighted by Crippen LogP contribution is 2.25. The van der Waals surface area contributed by atoms with Gasteiger partial charge in [0, 0.05) is 0 Å². The van der Waals surface area contributed by atoms with E-state index in [9.17, 15) is 18.0 Å². The van der Waals surface area contributed by atoms with E-state index < -0.39 is 24.3 Å². The smallest absolute Gasteiger partial charge is 0.339 e. The van der Waals surface area contributed by atoms with Crippen molar-refractivity contribution >= 4 is 5.78 Å². The molecule has 0 aliphatic carbocycles. The van der Waals surface area contributed by atoms with Crippen molar-refractivity contribution in [2.75, 3.05) is 0 Å². The Bertz CT molecular complexity index is 399. The normalized spacial score (nSPS) is 14.1. The Morgan fingerprint density at radius 3 is 2.41 bits per heavy atom. The van der Waals surface area contributed by atoms with Gasteiger partial charge in [-0.1, -0.05) is 19.0 Å². The number of nitrogens with zero attached hydrogens (tertiary/aromatic N) is 2. The van der Waals surface area contributed by atoms with E-state index in [1.165, 1.54) is 6.92 Å². The molecule has 0 saturated heterocycles. The van der Waals surface area contributed by atoms with E-state index in [0.717, 1.165) is 0 Å². The average molecular weight is 250 g/mol. The van der Waals surface area contributed by atoms with Crippen LogP contribution in [-0.2, 0) is 11.2 Å². The third-order valence-electron chi connectivity index (χ3n) is 2.21. The second-order valence-electron chi connectivity index (χ2n) is 4.17. The van der Waals surface area contributed by atoms with Crippen LogP contribution in [0.5, 0.6) is 0 Å². The van der Waals surface area contributed by atoms with Crippen molar-refractivity contribution in [2.45, 2.75) is 39.3 Å². The van der Waals surface area contributed by atoms with Gasteiger partial charge >= 0.3 is 6.18 Å². The highest BCUT2D eigenvalue weighted by atomic mass is 19.4. The molecular weight excluding hydrogens is 237 g/mol. The molecule has 0 aromatic carbocycles. The van der Waals surface area contributed by atoms with E-state index in [0.29, 0.717) is 0 Å². The van der Waals surface area contributed by atoms with Gasteiger partial charge in [-0.15, -0.1) is 0 Å². The van der Waals surface area contributed by atoms with Crippen LogP contribution in [0.3, 0.4) is 0 Å². The summed E-state index contributed by atoms with van der Waals surface area (Å²) in [7, 11) is 0. The summed E-state index contributed by atoms with van der Waals surface area (Å²) in [6.07, 6.45) is -5.64. The summed E-state index contributed by atoms with van der Waals surface area (Å²) in [5, 5.41) is 3.23. The number of hydrogen-bond acceptors (Lipinski definition) is 4. The molecule has 0 radical (unpaired) electrons. The number of hydrogen-bond donors (Lipinski definition) is 0. The largest absolute Gasteiger partial charge is 0.396 e. The third kappa shape index (κ3) is 3.83. The molecule has 0 aliphatic rings. The lowest BCUT2D eigenvalue weighted by Crippen LogP contribution is -2.16. The van der Waals surface area contributed by atoms with Gasteiger partial charge < -0.3 is 4.52 Å². The summed E-state index contributed by atoms with van der Waals surface area (Å²) in [5.41, 5.74) is 0. The SMILES string of the molecule is CC(=O)C(c1nc(CC(F)(F)F)no1)C(C)C. The van der Waals surface area contributed by atoms with Gasteiger partial charge in [0.2, 0.25) is 5.89 Å². The minimum absolute atomic E-state index is 0.0493. The second kappa shape index (κ2) is 4.85. The van der Waals surface area contributed by atoms with E-state index in [1.807, 2.05) is 0 Å². The van der Waals surface area contributed by atoms with Crippen LogP contribution >= 0.6 is 0 Å². The molecule has 0 saturated carbocycles. The van der Waals surface area contributed by atoms with Gasteiger partial charge in [0.25, 0.3) is 0 Å². The molecule has 1 aromatic heterocycles. The molecule has 1 unspecified atom stereocenters. The van der Waals surface area contributed by atoms with Crippen molar-refractivity contribution in [3.63, 3.8) is 0 Å². The molecule has 0 spiro atoms. The summed E-state index contributed by atoms with van der Waals surface area (Å²) in [6.45, 7) is 4.87. The van der Waals surface area contributed by atoms with Crippen molar-refractivity contribution in [1.82, 2.24) is 10.1 Å². The quantitative estimate of drug-likeness (QED) is 0.823. The Morgan fingerprint density at radius 1 is 1.41 bits per heavy atom. The summed E-state index contributed by atoms with van der Waals surface area (Å²) < 4.78 is 41.0. The van der Waals surface area contributed by atoms with Gasteiger partial charge in [-0.3, -0.25) is 4.79 Å². The number of ketones is 1. The Balaban J connectivity index is 2.89. The van der Waals surface area contributed by atoms with Crippen molar-refractivity contribution in [2.24, 2.45) is 5.92 Å². The van der Waals surface area contributed by atoms with E-state index in [4.69, 9.17) is 4.52 Å².